The van der Waals surface area contributed by atoms with E-state index in [1.54, 1.807) is 43.9 Å². The highest BCUT2D eigenvalue weighted by Gasteiger charge is 2.37. The van der Waals surface area contributed by atoms with Gasteiger partial charge in [-0.2, -0.15) is 0 Å². The molecule has 0 saturated heterocycles. The normalized spacial score (nSPS) is 12.6. The average Bonchev–Trinajstić information content (AvgIpc) is 2.99. The largest absolute Gasteiger partial charge is 0.508 e. The van der Waals surface area contributed by atoms with Crippen LogP contribution >= 0.6 is 11.6 Å². The third-order valence-electron chi connectivity index (χ3n) is 8.03. The molecule has 3 aromatic rings. The fourth-order valence-electron chi connectivity index (χ4n) is 5.36. The van der Waals surface area contributed by atoms with Gasteiger partial charge in [0.1, 0.15) is 23.4 Å². The summed E-state index contributed by atoms with van der Waals surface area (Å²) in [5.74, 6) is -0.743. The van der Waals surface area contributed by atoms with Gasteiger partial charge >= 0.3 is 6.09 Å². The van der Waals surface area contributed by atoms with Crippen LogP contribution in [0, 0.1) is 20.8 Å². The third kappa shape index (κ3) is 11.3. The summed E-state index contributed by atoms with van der Waals surface area (Å²) in [6.45, 7) is 13.5. The van der Waals surface area contributed by atoms with E-state index in [9.17, 15) is 19.5 Å². The van der Waals surface area contributed by atoms with Gasteiger partial charge in [0.05, 0.1) is 10.7 Å². The number of aryl methyl sites for hydroxylation is 3. The highest BCUT2D eigenvalue weighted by molar-refractivity contribution is 6.34. The summed E-state index contributed by atoms with van der Waals surface area (Å²) in [7, 11) is 0. The zero-order valence-electron chi connectivity index (χ0n) is 28.8. The van der Waals surface area contributed by atoms with Gasteiger partial charge in [-0.15, -0.1) is 0 Å². The van der Waals surface area contributed by atoms with E-state index in [0.717, 1.165) is 47.9 Å². The van der Waals surface area contributed by atoms with E-state index in [2.05, 4.69) is 17.6 Å². The predicted octanol–water partition coefficient (Wildman–Crippen LogP) is 8.59. The molecule has 3 N–H and O–H groups in total. The number of hydrogen-bond acceptors (Lipinski definition) is 5. The Labute approximate surface area is 284 Å². The number of phenols is 1. The molecule has 3 aromatic carbocycles. The molecule has 9 heteroatoms. The van der Waals surface area contributed by atoms with Crippen molar-refractivity contribution in [3.63, 3.8) is 0 Å². The third-order valence-corrected chi connectivity index (χ3v) is 8.34. The van der Waals surface area contributed by atoms with Crippen LogP contribution in [0.2, 0.25) is 5.02 Å². The number of para-hydroxylation sites is 1. The van der Waals surface area contributed by atoms with Gasteiger partial charge in [0.15, 0.2) is 0 Å². The number of anilines is 1. The summed E-state index contributed by atoms with van der Waals surface area (Å²) in [6, 6.07) is 15.5. The van der Waals surface area contributed by atoms with Crippen molar-refractivity contribution < 1.29 is 24.2 Å². The molecule has 47 heavy (non-hydrogen) atoms. The minimum absolute atomic E-state index is 0.0896. The highest BCUT2D eigenvalue weighted by Crippen LogP contribution is 2.31. The van der Waals surface area contributed by atoms with Crippen molar-refractivity contribution in [2.24, 2.45) is 0 Å². The Bertz CT molecular complexity index is 1500. The molecule has 254 valence electrons. The molecule has 8 nitrogen and oxygen atoms in total. The number of nitrogens with one attached hydrogen (secondary N) is 2. The summed E-state index contributed by atoms with van der Waals surface area (Å²) < 4.78 is 5.55. The Morgan fingerprint density at radius 3 is 2.19 bits per heavy atom. The van der Waals surface area contributed by atoms with Crippen molar-refractivity contribution in [2.45, 2.75) is 105 Å². The Morgan fingerprint density at radius 1 is 0.894 bits per heavy atom. The van der Waals surface area contributed by atoms with Crippen LogP contribution in [0.3, 0.4) is 0 Å². The summed E-state index contributed by atoms with van der Waals surface area (Å²) in [5.41, 5.74) is 3.90. The number of carbonyl (C=O) groups is 3. The first-order valence-corrected chi connectivity index (χ1v) is 16.8. The van der Waals surface area contributed by atoms with E-state index in [4.69, 9.17) is 16.3 Å². The van der Waals surface area contributed by atoms with Crippen LogP contribution in [0.4, 0.5) is 10.5 Å². The Kier molecular flexibility index (Phi) is 13.7. The number of rotatable bonds is 14. The Morgan fingerprint density at radius 2 is 1.57 bits per heavy atom. The van der Waals surface area contributed by atoms with Crippen LogP contribution in [-0.2, 0) is 20.7 Å². The number of carbonyl (C=O) groups excluding carboxylic acids is 3. The van der Waals surface area contributed by atoms with E-state index < -0.39 is 35.6 Å². The Hall–Kier alpha value is -4.04. The number of ether oxygens (including phenoxy) is 1. The van der Waals surface area contributed by atoms with E-state index in [1.807, 2.05) is 51.1 Å². The molecular formula is C38H50ClN3O5. The smallest absolute Gasteiger partial charge is 0.408 e. The number of phenolic OH excluding ortho intramolecular Hbond substituents is 1. The molecule has 0 fully saturated rings. The lowest BCUT2D eigenvalue weighted by atomic mass is 9.96. The first kappa shape index (κ1) is 37.4. The minimum Gasteiger partial charge on any atom is -0.508 e. The summed E-state index contributed by atoms with van der Waals surface area (Å²) >= 11 is 6.53. The number of alkyl carbamates (subject to hydrolysis) is 1. The van der Waals surface area contributed by atoms with Crippen molar-refractivity contribution in [1.29, 1.82) is 0 Å². The molecule has 0 aliphatic carbocycles. The maximum absolute atomic E-state index is 14.8. The summed E-state index contributed by atoms with van der Waals surface area (Å²) in [4.78, 5) is 43.9. The van der Waals surface area contributed by atoms with Crippen molar-refractivity contribution in [1.82, 2.24) is 10.2 Å². The quantitative estimate of drug-likeness (QED) is 0.150. The second-order valence-corrected chi connectivity index (χ2v) is 13.6. The molecule has 0 aliphatic heterocycles. The van der Waals surface area contributed by atoms with Gasteiger partial charge in [0.2, 0.25) is 5.91 Å². The van der Waals surface area contributed by atoms with Gasteiger partial charge in [-0.3, -0.25) is 9.59 Å². The van der Waals surface area contributed by atoms with Crippen molar-refractivity contribution in [3.05, 3.63) is 93.5 Å². The van der Waals surface area contributed by atoms with Gasteiger partial charge in [-0.25, -0.2) is 4.79 Å². The van der Waals surface area contributed by atoms with Crippen molar-refractivity contribution in [2.75, 3.05) is 11.9 Å². The average molecular weight is 664 g/mol. The zero-order valence-corrected chi connectivity index (χ0v) is 29.5. The van der Waals surface area contributed by atoms with E-state index >= 15 is 0 Å². The molecule has 0 heterocycles. The molecule has 0 bridgehead atoms. The van der Waals surface area contributed by atoms with Crippen molar-refractivity contribution in [3.8, 4) is 5.75 Å². The lowest BCUT2D eigenvalue weighted by molar-refractivity contribution is -0.140. The van der Waals surface area contributed by atoms with E-state index in [1.165, 1.54) is 12.1 Å². The number of nitrogens with zero attached hydrogens (tertiary/aromatic N) is 1. The molecule has 3 rings (SSSR count). The molecule has 3 amide bonds. The van der Waals surface area contributed by atoms with Crippen LogP contribution in [0.25, 0.3) is 0 Å². The first-order valence-electron chi connectivity index (χ1n) is 16.4. The number of amides is 3. The fraction of sp³-hybridized carbons (Fsp3) is 0.447. The van der Waals surface area contributed by atoms with E-state index in [0.29, 0.717) is 22.7 Å². The van der Waals surface area contributed by atoms with Gasteiger partial charge in [-0.05, 0) is 94.0 Å². The van der Waals surface area contributed by atoms with Crippen LogP contribution in [0.15, 0.2) is 60.7 Å². The maximum Gasteiger partial charge on any atom is 0.408 e. The van der Waals surface area contributed by atoms with Gasteiger partial charge in [-0.1, -0.05) is 86.7 Å². The molecule has 0 aliphatic rings. The summed E-state index contributed by atoms with van der Waals surface area (Å²) in [6.07, 6.45) is 4.08. The van der Waals surface area contributed by atoms with Gasteiger partial charge in [0.25, 0.3) is 5.91 Å². The van der Waals surface area contributed by atoms with Gasteiger partial charge < -0.3 is 25.4 Å². The van der Waals surface area contributed by atoms with Crippen LogP contribution < -0.4 is 10.6 Å². The Balaban J connectivity index is 2.12. The lowest BCUT2D eigenvalue weighted by Crippen LogP contribution is -2.53. The molecule has 2 unspecified atom stereocenters. The SMILES string of the molecule is CCCCCCCN(C(=O)C(Cc1ccc(O)cc1)NC(=O)OC(C)(C)C)C(C(=O)Nc1c(C)cccc1Cl)c1ccc(C)c(C)c1. The number of hydrogen-bond donors (Lipinski definition) is 3. The van der Waals surface area contributed by atoms with Crippen LogP contribution in [0.1, 0.15) is 93.7 Å². The molecule has 2 atom stereocenters. The topological polar surface area (TPSA) is 108 Å². The molecule has 0 radical (unpaired) electrons. The first-order chi connectivity index (χ1) is 22.2. The number of aromatic hydroxyl groups is 1. The lowest BCUT2D eigenvalue weighted by Gasteiger charge is -2.35. The zero-order chi connectivity index (χ0) is 34.7. The van der Waals surface area contributed by atoms with Crippen molar-refractivity contribution >= 4 is 35.2 Å². The number of benzene rings is 3. The monoisotopic (exact) mass is 663 g/mol. The molecular weight excluding hydrogens is 614 g/mol. The van der Waals surface area contributed by atoms with E-state index in [-0.39, 0.29) is 18.7 Å². The maximum atomic E-state index is 14.8. The summed E-state index contributed by atoms with van der Waals surface area (Å²) in [5, 5.41) is 16.1. The predicted molar refractivity (Wildman–Crippen MR) is 189 cm³/mol. The van der Waals surface area contributed by atoms with Crippen LogP contribution in [-0.4, -0.2) is 46.1 Å². The highest BCUT2D eigenvalue weighted by atomic mass is 35.5. The standard InChI is InChI=1S/C38H50ClN3O5/c1-8-9-10-11-12-22-42(36(45)32(40-37(46)47-38(5,6)7)24-28-17-20-30(43)21-18-28)34(29-19-16-25(2)27(4)23-29)35(44)41-33-26(3)14-13-15-31(33)39/h13-21,23,32,34,43H,8-12,22,24H2,1-7H3,(H,40,46)(H,41,44). The number of halogens is 1. The van der Waals surface area contributed by atoms with Gasteiger partial charge in [0, 0.05) is 13.0 Å². The minimum atomic E-state index is -1.06. The van der Waals surface area contributed by atoms with Crippen LogP contribution in [0.5, 0.6) is 5.75 Å². The molecule has 0 saturated carbocycles. The second kappa shape index (κ2) is 17.2. The molecule has 0 aromatic heterocycles. The second-order valence-electron chi connectivity index (χ2n) is 13.2. The fourth-order valence-corrected chi connectivity index (χ4v) is 5.63. The number of unbranched alkanes of at least 4 members (excludes halogenated alkanes) is 4. The molecule has 0 spiro atoms.